The lowest BCUT2D eigenvalue weighted by Crippen LogP contribution is -2.10. The van der Waals surface area contributed by atoms with Gasteiger partial charge in [0.2, 0.25) is 0 Å². The van der Waals surface area contributed by atoms with Crippen LogP contribution in [0.5, 0.6) is 5.75 Å². The van der Waals surface area contributed by atoms with E-state index in [9.17, 15) is 28.4 Å². The van der Waals surface area contributed by atoms with Gasteiger partial charge in [-0.05, 0) is 18.2 Å². The summed E-state index contributed by atoms with van der Waals surface area (Å²) in [4.78, 5) is 10.0. The third-order valence-electron chi connectivity index (χ3n) is 2.98. The molecule has 0 aromatic heterocycles. The third kappa shape index (κ3) is 3.46. The Bertz CT molecular complexity index is 702. The van der Waals surface area contributed by atoms with E-state index in [1.165, 1.54) is 18.2 Å². The summed E-state index contributed by atoms with van der Waals surface area (Å²) in [6.07, 6.45) is -4.52. The maximum Gasteiger partial charge on any atom is 0.418 e. The first-order valence-electron chi connectivity index (χ1n) is 6.15. The maximum atomic E-state index is 12.8. The monoisotopic (exact) mass is 312 g/mol. The van der Waals surface area contributed by atoms with Crippen LogP contribution in [0.1, 0.15) is 11.1 Å². The van der Waals surface area contributed by atoms with Gasteiger partial charge in [0.15, 0.2) is 0 Å². The molecule has 0 spiro atoms. The van der Waals surface area contributed by atoms with Crippen molar-refractivity contribution < 1.29 is 23.2 Å². The van der Waals surface area contributed by atoms with Crippen LogP contribution in [0.3, 0.4) is 0 Å². The standard InChI is InChI=1S/C14H11F3N2O3/c15-14(16,17)11-3-1-2-4-12(11)18-8-9-7-10(19(21)22)5-6-13(9)20/h1-7,18,20H,8H2. The fourth-order valence-corrected chi connectivity index (χ4v) is 1.90. The lowest BCUT2D eigenvalue weighted by Gasteiger charge is -2.14. The van der Waals surface area contributed by atoms with Gasteiger partial charge in [0.1, 0.15) is 5.75 Å². The minimum Gasteiger partial charge on any atom is -0.508 e. The van der Waals surface area contributed by atoms with E-state index in [2.05, 4.69) is 5.32 Å². The molecule has 0 aliphatic heterocycles. The van der Waals surface area contributed by atoms with Crippen LogP contribution >= 0.6 is 0 Å². The average Bonchev–Trinajstić information content (AvgIpc) is 2.45. The molecular formula is C14H11F3N2O3. The van der Waals surface area contributed by atoms with Crippen LogP contribution in [0.25, 0.3) is 0 Å². The zero-order valence-corrected chi connectivity index (χ0v) is 11.1. The normalized spacial score (nSPS) is 11.2. The average molecular weight is 312 g/mol. The van der Waals surface area contributed by atoms with Crippen LogP contribution in [-0.4, -0.2) is 10.0 Å². The number of nitrogens with zero attached hydrogens (tertiary/aromatic N) is 1. The summed E-state index contributed by atoms with van der Waals surface area (Å²) in [6.45, 7) is -0.180. The quantitative estimate of drug-likeness (QED) is 0.662. The van der Waals surface area contributed by atoms with Gasteiger partial charge >= 0.3 is 6.18 Å². The molecule has 0 atom stereocenters. The number of rotatable bonds is 4. The number of nitro groups is 1. The molecule has 0 amide bonds. The number of alkyl halides is 3. The van der Waals surface area contributed by atoms with Crippen molar-refractivity contribution in [1.82, 2.24) is 0 Å². The first-order chi connectivity index (χ1) is 10.3. The van der Waals surface area contributed by atoms with E-state index in [1.54, 1.807) is 0 Å². The molecule has 0 saturated carbocycles. The highest BCUT2D eigenvalue weighted by Gasteiger charge is 2.33. The zero-order valence-electron chi connectivity index (χ0n) is 11.1. The van der Waals surface area contributed by atoms with Gasteiger partial charge in [-0.3, -0.25) is 10.1 Å². The van der Waals surface area contributed by atoms with E-state index < -0.39 is 16.7 Å². The fourth-order valence-electron chi connectivity index (χ4n) is 1.90. The van der Waals surface area contributed by atoms with Crippen LogP contribution in [-0.2, 0) is 12.7 Å². The molecule has 2 rings (SSSR count). The number of benzene rings is 2. The zero-order chi connectivity index (χ0) is 16.3. The summed E-state index contributed by atoms with van der Waals surface area (Å²) in [5, 5.41) is 22.9. The van der Waals surface area contributed by atoms with Gasteiger partial charge in [0.25, 0.3) is 5.69 Å². The van der Waals surface area contributed by atoms with Crippen molar-refractivity contribution in [2.24, 2.45) is 0 Å². The number of non-ortho nitro benzene ring substituents is 1. The number of halogens is 3. The van der Waals surface area contributed by atoms with Crippen molar-refractivity contribution in [3.05, 3.63) is 63.7 Å². The van der Waals surface area contributed by atoms with Gasteiger partial charge < -0.3 is 10.4 Å². The summed E-state index contributed by atoms with van der Waals surface area (Å²) in [5.74, 6) is -0.234. The maximum absolute atomic E-state index is 12.8. The number of phenolic OH excluding ortho intramolecular Hbond substituents is 1. The molecule has 0 aliphatic carbocycles. The van der Waals surface area contributed by atoms with Gasteiger partial charge in [-0.2, -0.15) is 13.2 Å². The van der Waals surface area contributed by atoms with Crippen molar-refractivity contribution in [3.8, 4) is 5.75 Å². The van der Waals surface area contributed by atoms with E-state index in [4.69, 9.17) is 0 Å². The molecule has 22 heavy (non-hydrogen) atoms. The molecule has 8 heteroatoms. The Morgan fingerprint density at radius 1 is 1.18 bits per heavy atom. The smallest absolute Gasteiger partial charge is 0.418 e. The van der Waals surface area contributed by atoms with Crippen LogP contribution < -0.4 is 5.32 Å². The Morgan fingerprint density at radius 2 is 1.86 bits per heavy atom. The molecule has 2 aromatic rings. The molecule has 5 nitrogen and oxygen atoms in total. The molecule has 116 valence electrons. The minimum absolute atomic E-state index is 0.131. The molecule has 0 saturated heterocycles. The lowest BCUT2D eigenvalue weighted by atomic mass is 10.1. The topological polar surface area (TPSA) is 75.4 Å². The Labute approximate surface area is 123 Å². The lowest BCUT2D eigenvalue weighted by molar-refractivity contribution is -0.384. The number of nitro benzene ring substituents is 1. The summed E-state index contributed by atoms with van der Waals surface area (Å²) >= 11 is 0. The molecule has 0 aliphatic rings. The van der Waals surface area contributed by atoms with E-state index in [-0.39, 0.29) is 29.2 Å². The summed E-state index contributed by atoms with van der Waals surface area (Å²) < 4.78 is 38.5. The minimum atomic E-state index is -4.52. The first-order valence-corrected chi connectivity index (χ1v) is 6.15. The van der Waals surface area contributed by atoms with Crippen molar-refractivity contribution in [1.29, 1.82) is 0 Å². The largest absolute Gasteiger partial charge is 0.508 e. The van der Waals surface area contributed by atoms with Gasteiger partial charge in [-0.25, -0.2) is 0 Å². The van der Waals surface area contributed by atoms with E-state index in [0.717, 1.165) is 24.3 Å². The molecule has 2 N–H and O–H groups in total. The summed E-state index contributed by atoms with van der Waals surface area (Å²) in [7, 11) is 0. The molecule has 0 heterocycles. The second kappa shape index (κ2) is 5.92. The van der Waals surface area contributed by atoms with Crippen molar-refractivity contribution in [2.75, 3.05) is 5.32 Å². The molecule has 0 unspecified atom stereocenters. The SMILES string of the molecule is O=[N+]([O-])c1ccc(O)c(CNc2ccccc2C(F)(F)F)c1. The molecule has 0 radical (unpaired) electrons. The number of hydrogen-bond acceptors (Lipinski definition) is 4. The van der Waals surface area contributed by atoms with Crippen molar-refractivity contribution >= 4 is 11.4 Å². The van der Waals surface area contributed by atoms with Crippen molar-refractivity contribution in [3.63, 3.8) is 0 Å². The van der Waals surface area contributed by atoms with Crippen LogP contribution in [0.15, 0.2) is 42.5 Å². The number of para-hydroxylation sites is 1. The fraction of sp³-hybridized carbons (Fsp3) is 0.143. The first kappa shape index (κ1) is 15.6. The number of anilines is 1. The molecule has 0 bridgehead atoms. The third-order valence-corrected chi connectivity index (χ3v) is 2.98. The number of hydrogen-bond donors (Lipinski definition) is 2. The van der Waals surface area contributed by atoms with E-state index in [1.807, 2.05) is 0 Å². The van der Waals surface area contributed by atoms with Gasteiger partial charge in [-0.1, -0.05) is 12.1 Å². The molecular weight excluding hydrogens is 301 g/mol. The number of nitrogens with one attached hydrogen (secondary N) is 1. The highest BCUT2D eigenvalue weighted by atomic mass is 19.4. The van der Waals surface area contributed by atoms with Gasteiger partial charge in [0.05, 0.1) is 10.5 Å². The van der Waals surface area contributed by atoms with E-state index in [0.29, 0.717) is 0 Å². The molecule has 0 fully saturated rings. The highest BCUT2D eigenvalue weighted by molar-refractivity contribution is 5.54. The predicted octanol–water partition coefficient (Wildman–Crippen LogP) is 3.93. The Morgan fingerprint density at radius 3 is 2.50 bits per heavy atom. The Balaban J connectivity index is 2.24. The van der Waals surface area contributed by atoms with Crippen LogP contribution in [0.4, 0.5) is 24.5 Å². The predicted molar refractivity (Wildman–Crippen MR) is 73.5 cm³/mol. The van der Waals surface area contributed by atoms with Gasteiger partial charge in [-0.15, -0.1) is 0 Å². The van der Waals surface area contributed by atoms with Gasteiger partial charge in [0, 0.05) is 29.9 Å². The Hall–Kier alpha value is -2.77. The summed E-state index contributed by atoms with van der Waals surface area (Å²) in [5.41, 5.74) is -1.13. The Kier molecular flexibility index (Phi) is 4.20. The van der Waals surface area contributed by atoms with Crippen LogP contribution in [0.2, 0.25) is 0 Å². The van der Waals surface area contributed by atoms with Crippen molar-refractivity contribution in [2.45, 2.75) is 12.7 Å². The van der Waals surface area contributed by atoms with Crippen LogP contribution in [0, 0.1) is 10.1 Å². The van der Waals surface area contributed by atoms with E-state index >= 15 is 0 Å². The second-order valence-electron chi connectivity index (χ2n) is 4.47. The highest BCUT2D eigenvalue weighted by Crippen LogP contribution is 2.35. The molecule has 2 aromatic carbocycles. The summed E-state index contributed by atoms with van der Waals surface area (Å²) in [6, 6.07) is 8.22. The second-order valence-corrected chi connectivity index (χ2v) is 4.47. The number of aromatic hydroxyl groups is 1. The number of phenols is 1.